The lowest BCUT2D eigenvalue weighted by atomic mass is 10.0. The summed E-state index contributed by atoms with van der Waals surface area (Å²) in [6.07, 6.45) is 6.82. The Morgan fingerprint density at radius 3 is 2.39 bits per heavy atom. The van der Waals surface area contributed by atoms with Crippen molar-refractivity contribution in [2.75, 3.05) is 6.61 Å². The van der Waals surface area contributed by atoms with Crippen molar-refractivity contribution < 1.29 is 9.66 Å². The number of nitriles is 1. The zero-order chi connectivity index (χ0) is 16.7. The minimum atomic E-state index is -0.478. The van der Waals surface area contributed by atoms with Gasteiger partial charge in [0, 0.05) is 12.1 Å². The van der Waals surface area contributed by atoms with E-state index in [-0.39, 0.29) is 12.3 Å². The van der Waals surface area contributed by atoms with Crippen molar-refractivity contribution in [3.8, 4) is 24.2 Å². The van der Waals surface area contributed by atoms with Gasteiger partial charge in [0.25, 0.3) is 5.69 Å². The van der Waals surface area contributed by atoms with Crippen molar-refractivity contribution in [1.29, 1.82) is 5.26 Å². The summed E-state index contributed by atoms with van der Waals surface area (Å²) in [5.41, 5.74) is 1.83. The first kappa shape index (κ1) is 15.8. The fourth-order valence-corrected chi connectivity index (χ4v) is 1.89. The molecule has 2 aromatic rings. The lowest BCUT2D eigenvalue weighted by Gasteiger charge is -2.03. The first-order valence-corrected chi connectivity index (χ1v) is 6.67. The SMILES string of the molecule is C#CCOc1ccc(/C=C(/C#N)c2ccc([N+](=O)[O-])cc2)cc1. The number of rotatable bonds is 5. The number of hydrogen-bond acceptors (Lipinski definition) is 4. The molecule has 5 heteroatoms. The molecule has 0 aliphatic heterocycles. The number of nitro benzene ring substituents is 1. The fourth-order valence-electron chi connectivity index (χ4n) is 1.89. The quantitative estimate of drug-likeness (QED) is 0.278. The Morgan fingerprint density at radius 1 is 1.22 bits per heavy atom. The minimum Gasteiger partial charge on any atom is -0.481 e. The van der Waals surface area contributed by atoms with Gasteiger partial charge in [-0.3, -0.25) is 10.1 Å². The number of non-ortho nitro benzene ring substituents is 1. The average Bonchev–Trinajstić information content (AvgIpc) is 2.59. The standard InChI is InChI=1S/C18H12N2O3/c1-2-11-23-18-9-3-14(4-10-18)12-16(13-19)15-5-7-17(8-6-15)20(21)22/h1,3-10,12H,11H2/b16-12-. The van der Waals surface area contributed by atoms with E-state index >= 15 is 0 Å². The second kappa shape index (κ2) is 7.44. The van der Waals surface area contributed by atoms with Gasteiger partial charge in [0.15, 0.2) is 0 Å². The zero-order valence-electron chi connectivity index (χ0n) is 12.1. The number of terminal acetylenes is 1. The maximum absolute atomic E-state index is 10.7. The van der Waals surface area contributed by atoms with E-state index in [1.807, 2.05) is 0 Å². The summed E-state index contributed by atoms with van der Waals surface area (Å²) in [7, 11) is 0. The first-order valence-electron chi connectivity index (χ1n) is 6.67. The predicted molar refractivity (Wildman–Crippen MR) is 87.4 cm³/mol. The molecule has 0 bridgehead atoms. The summed E-state index contributed by atoms with van der Waals surface area (Å²) in [4.78, 5) is 10.2. The van der Waals surface area contributed by atoms with Crippen LogP contribution in [-0.4, -0.2) is 11.5 Å². The van der Waals surface area contributed by atoms with E-state index in [9.17, 15) is 15.4 Å². The molecule has 0 atom stereocenters. The fraction of sp³-hybridized carbons (Fsp3) is 0.0556. The van der Waals surface area contributed by atoms with Crippen LogP contribution in [0.25, 0.3) is 11.6 Å². The van der Waals surface area contributed by atoms with Gasteiger partial charge in [-0.1, -0.05) is 18.1 Å². The molecule has 0 heterocycles. The Bertz CT molecular complexity index is 807. The van der Waals surface area contributed by atoms with Gasteiger partial charge >= 0.3 is 0 Å². The third-order valence-corrected chi connectivity index (χ3v) is 3.02. The number of ether oxygens (including phenoxy) is 1. The van der Waals surface area contributed by atoms with Crippen molar-refractivity contribution >= 4 is 17.3 Å². The number of benzene rings is 2. The largest absolute Gasteiger partial charge is 0.481 e. The molecule has 0 spiro atoms. The Kier molecular flexibility index (Phi) is 5.12. The molecule has 0 N–H and O–H groups in total. The predicted octanol–water partition coefficient (Wildman–Crippen LogP) is 3.67. The van der Waals surface area contributed by atoms with Gasteiger partial charge in [-0.15, -0.1) is 6.42 Å². The molecule has 0 unspecified atom stereocenters. The van der Waals surface area contributed by atoms with Crippen LogP contribution in [0, 0.1) is 33.8 Å². The van der Waals surface area contributed by atoms with Gasteiger partial charge in [0.1, 0.15) is 12.4 Å². The lowest BCUT2D eigenvalue weighted by molar-refractivity contribution is -0.384. The Hall–Kier alpha value is -3.57. The van der Waals surface area contributed by atoms with Gasteiger partial charge in [0.2, 0.25) is 0 Å². The van der Waals surface area contributed by atoms with Crippen LogP contribution in [0.1, 0.15) is 11.1 Å². The van der Waals surface area contributed by atoms with Crippen molar-refractivity contribution in [2.24, 2.45) is 0 Å². The average molecular weight is 304 g/mol. The highest BCUT2D eigenvalue weighted by molar-refractivity contribution is 5.89. The molecule has 0 fully saturated rings. The summed E-state index contributed by atoms with van der Waals surface area (Å²) in [6.45, 7) is 0.196. The van der Waals surface area contributed by atoms with E-state index < -0.39 is 4.92 Å². The van der Waals surface area contributed by atoms with Gasteiger partial charge in [-0.2, -0.15) is 5.26 Å². The number of nitrogens with zero attached hydrogens (tertiary/aromatic N) is 2. The third-order valence-electron chi connectivity index (χ3n) is 3.02. The van der Waals surface area contributed by atoms with Crippen LogP contribution in [0.15, 0.2) is 48.5 Å². The molecular weight excluding hydrogens is 292 g/mol. The van der Waals surface area contributed by atoms with Crippen LogP contribution in [0.3, 0.4) is 0 Å². The highest BCUT2D eigenvalue weighted by Crippen LogP contribution is 2.22. The van der Waals surface area contributed by atoms with Gasteiger partial charge < -0.3 is 4.74 Å². The molecule has 0 aromatic heterocycles. The van der Waals surface area contributed by atoms with E-state index in [4.69, 9.17) is 11.2 Å². The van der Waals surface area contributed by atoms with Crippen LogP contribution in [0.2, 0.25) is 0 Å². The molecule has 112 valence electrons. The molecule has 2 aromatic carbocycles. The van der Waals surface area contributed by atoms with Gasteiger partial charge in [0.05, 0.1) is 16.6 Å². The van der Waals surface area contributed by atoms with E-state index in [2.05, 4.69) is 12.0 Å². The summed E-state index contributed by atoms with van der Waals surface area (Å²) >= 11 is 0. The Morgan fingerprint density at radius 2 is 1.87 bits per heavy atom. The summed E-state index contributed by atoms with van der Waals surface area (Å²) in [5.74, 6) is 3.03. The van der Waals surface area contributed by atoms with Gasteiger partial charge in [-0.05, 0) is 41.5 Å². The van der Waals surface area contributed by atoms with Crippen molar-refractivity contribution in [1.82, 2.24) is 0 Å². The monoisotopic (exact) mass is 304 g/mol. The summed E-state index contributed by atoms with van der Waals surface area (Å²) in [6, 6.07) is 15.1. The third kappa shape index (κ3) is 4.20. The van der Waals surface area contributed by atoms with Crippen molar-refractivity contribution in [2.45, 2.75) is 0 Å². The molecule has 23 heavy (non-hydrogen) atoms. The summed E-state index contributed by atoms with van der Waals surface area (Å²) in [5, 5.41) is 19.9. The number of allylic oxidation sites excluding steroid dienone is 1. The number of nitro groups is 1. The molecular formula is C18H12N2O3. The Balaban J connectivity index is 2.23. The normalized spacial score (nSPS) is 10.4. The summed E-state index contributed by atoms with van der Waals surface area (Å²) < 4.78 is 5.28. The molecule has 5 nitrogen and oxygen atoms in total. The Labute approximate surface area is 133 Å². The number of hydrogen-bond donors (Lipinski definition) is 0. The van der Waals surface area contributed by atoms with Crippen molar-refractivity contribution in [3.63, 3.8) is 0 Å². The van der Waals surface area contributed by atoms with E-state index in [0.717, 1.165) is 5.56 Å². The molecule has 0 aliphatic rings. The second-order valence-corrected chi connectivity index (χ2v) is 4.54. The first-order chi connectivity index (χ1) is 11.1. The van der Waals surface area contributed by atoms with Crippen LogP contribution in [0.4, 0.5) is 5.69 Å². The maximum Gasteiger partial charge on any atom is 0.269 e. The van der Waals surface area contributed by atoms with Gasteiger partial charge in [-0.25, -0.2) is 0 Å². The molecule has 0 saturated heterocycles. The second-order valence-electron chi connectivity index (χ2n) is 4.54. The van der Waals surface area contributed by atoms with Crippen molar-refractivity contribution in [3.05, 3.63) is 69.8 Å². The van der Waals surface area contributed by atoms with Crippen LogP contribution >= 0.6 is 0 Å². The van der Waals surface area contributed by atoms with Crippen LogP contribution < -0.4 is 4.74 Å². The lowest BCUT2D eigenvalue weighted by Crippen LogP contribution is -1.92. The van der Waals surface area contributed by atoms with E-state index in [1.165, 1.54) is 12.1 Å². The zero-order valence-corrected chi connectivity index (χ0v) is 12.1. The van der Waals surface area contributed by atoms with Crippen LogP contribution in [0.5, 0.6) is 5.75 Å². The highest BCUT2D eigenvalue weighted by Gasteiger charge is 2.07. The van der Waals surface area contributed by atoms with E-state index in [1.54, 1.807) is 42.5 Å². The molecule has 0 amide bonds. The maximum atomic E-state index is 10.7. The van der Waals surface area contributed by atoms with Crippen LogP contribution in [-0.2, 0) is 0 Å². The topological polar surface area (TPSA) is 76.2 Å². The molecule has 0 radical (unpaired) electrons. The highest BCUT2D eigenvalue weighted by atomic mass is 16.6. The smallest absolute Gasteiger partial charge is 0.269 e. The molecule has 2 rings (SSSR count). The molecule has 0 saturated carbocycles. The van der Waals surface area contributed by atoms with E-state index in [0.29, 0.717) is 16.9 Å². The molecule has 0 aliphatic carbocycles. The minimum absolute atomic E-state index is 0.0129.